The highest BCUT2D eigenvalue weighted by molar-refractivity contribution is 6.30. The fraction of sp³-hybridized carbons (Fsp3) is 0.588. The standard InChI is InChI=1S/C17H25ClN4/c1-12-3-4-14(18)9-16(12)22-8-7-13(11-22)10-20-17(19-2)21-15-5-6-15/h3-4,9,13,15H,5-8,10-11H2,1-2H3,(H2,19,20,21). The predicted molar refractivity (Wildman–Crippen MR) is 94.0 cm³/mol. The second-order valence-electron chi connectivity index (χ2n) is 6.40. The van der Waals surface area contributed by atoms with Gasteiger partial charge in [0.2, 0.25) is 0 Å². The number of halogens is 1. The molecule has 2 N–H and O–H groups in total. The molecule has 120 valence electrons. The molecule has 0 spiro atoms. The number of benzene rings is 1. The van der Waals surface area contributed by atoms with Gasteiger partial charge in [0.25, 0.3) is 0 Å². The highest BCUT2D eigenvalue weighted by Gasteiger charge is 2.25. The maximum Gasteiger partial charge on any atom is 0.191 e. The lowest BCUT2D eigenvalue weighted by atomic mass is 10.1. The average Bonchev–Trinajstić information content (AvgIpc) is 3.21. The average molecular weight is 321 g/mol. The van der Waals surface area contributed by atoms with Crippen LogP contribution in [0.15, 0.2) is 23.2 Å². The quantitative estimate of drug-likeness (QED) is 0.662. The highest BCUT2D eigenvalue weighted by Crippen LogP contribution is 2.29. The lowest BCUT2D eigenvalue weighted by Gasteiger charge is -2.21. The molecule has 2 aliphatic rings. The van der Waals surface area contributed by atoms with Crippen molar-refractivity contribution in [2.75, 3.05) is 31.6 Å². The topological polar surface area (TPSA) is 39.7 Å². The molecule has 0 aromatic heterocycles. The summed E-state index contributed by atoms with van der Waals surface area (Å²) >= 11 is 6.14. The zero-order valence-corrected chi connectivity index (χ0v) is 14.2. The summed E-state index contributed by atoms with van der Waals surface area (Å²) in [6.45, 7) is 5.30. The van der Waals surface area contributed by atoms with E-state index in [4.69, 9.17) is 11.6 Å². The third-order valence-electron chi connectivity index (χ3n) is 4.50. The molecule has 0 bridgehead atoms. The van der Waals surface area contributed by atoms with Crippen molar-refractivity contribution < 1.29 is 0 Å². The van der Waals surface area contributed by atoms with E-state index in [1.165, 1.54) is 30.5 Å². The molecular weight excluding hydrogens is 296 g/mol. The van der Waals surface area contributed by atoms with E-state index in [9.17, 15) is 0 Å². The highest BCUT2D eigenvalue weighted by atomic mass is 35.5. The van der Waals surface area contributed by atoms with Gasteiger partial charge in [0, 0.05) is 43.4 Å². The zero-order chi connectivity index (χ0) is 15.5. The Balaban J connectivity index is 1.52. The first kappa shape index (κ1) is 15.5. The number of nitrogens with one attached hydrogen (secondary N) is 2. The third-order valence-corrected chi connectivity index (χ3v) is 4.73. The Morgan fingerprint density at radius 2 is 2.18 bits per heavy atom. The maximum absolute atomic E-state index is 6.14. The fourth-order valence-corrected chi connectivity index (χ4v) is 3.16. The van der Waals surface area contributed by atoms with Gasteiger partial charge in [0.05, 0.1) is 0 Å². The third kappa shape index (κ3) is 3.86. The van der Waals surface area contributed by atoms with E-state index >= 15 is 0 Å². The van der Waals surface area contributed by atoms with Crippen LogP contribution in [0.4, 0.5) is 5.69 Å². The summed E-state index contributed by atoms with van der Waals surface area (Å²) in [5.74, 6) is 1.59. The van der Waals surface area contributed by atoms with Crippen molar-refractivity contribution in [2.24, 2.45) is 10.9 Å². The van der Waals surface area contributed by atoms with Gasteiger partial charge in [-0.25, -0.2) is 0 Å². The van der Waals surface area contributed by atoms with Gasteiger partial charge >= 0.3 is 0 Å². The number of aliphatic imine (C=N–C) groups is 1. The smallest absolute Gasteiger partial charge is 0.191 e. The van der Waals surface area contributed by atoms with Crippen molar-refractivity contribution in [3.63, 3.8) is 0 Å². The van der Waals surface area contributed by atoms with Crippen molar-refractivity contribution in [1.82, 2.24) is 10.6 Å². The van der Waals surface area contributed by atoms with E-state index in [1.54, 1.807) is 0 Å². The molecule has 1 aromatic carbocycles. The first-order chi connectivity index (χ1) is 10.7. The van der Waals surface area contributed by atoms with Gasteiger partial charge in [0.1, 0.15) is 0 Å². The van der Waals surface area contributed by atoms with Gasteiger partial charge in [-0.05, 0) is 49.8 Å². The van der Waals surface area contributed by atoms with Crippen LogP contribution in [0.1, 0.15) is 24.8 Å². The number of hydrogen-bond acceptors (Lipinski definition) is 2. The number of hydrogen-bond donors (Lipinski definition) is 2. The monoisotopic (exact) mass is 320 g/mol. The van der Waals surface area contributed by atoms with Gasteiger partial charge in [-0.2, -0.15) is 0 Å². The summed E-state index contributed by atoms with van der Waals surface area (Å²) in [5, 5.41) is 7.71. The zero-order valence-electron chi connectivity index (χ0n) is 13.4. The first-order valence-electron chi connectivity index (χ1n) is 8.14. The fourth-order valence-electron chi connectivity index (χ4n) is 3.00. The van der Waals surface area contributed by atoms with Crippen molar-refractivity contribution >= 4 is 23.2 Å². The predicted octanol–water partition coefficient (Wildman–Crippen LogP) is 2.80. The molecule has 1 saturated carbocycles. The summed E-state index contributed by atoms with van der Waals surface area (Å²) in [7, 11) is 1.84. The van der Waals surface area contributed by atoms with Crippen LogP contribution in [0.5, 0.6) is 0 Å². The molecule has 3 rings (SSSR count). The van der Waals surface area contributed by atoms with E-state index in [1.807, 2.05) is 13.1 Å². The number of rotatable bonds is 4. The summed E-state index contributed by atoms with van der Waals surface area (Å²) in [5.41, 5.74) is 2.57. The van der Waals surface area contributed by atoms with Gasteiger partial charge in [0.15, 0.2) is 5.96 Å². The minimum Gasteiger partial charge on any atom is -0.371 e. The Kier molecular flexibility index (Phi) is 4.77. The molecule has 0 radical (unpaired) electrons. The largest absolute Gasteiger partial charge is 0.371 e. The summed E-state index contributed by atoms with van der Waals surface area (Å²) in [6, 6.07) is 6.79. The second-order valence-corrected chi connectivity index (χ2v) is 6.84. The van der Waals surface area contributed by atoms with Crippen LogP contribution in [0, 0.1) is 12.8 Å². The molecule has 1 aliphatic carbocycles. The lowest BCUT2D eigenvalue weighted by molar-refractivity contribution is 0.565. The molecule has 22 heavy (non-hydrogen) atoms. The minimum atomic E-state index is 0.639. The molecule has 1 atom stereocenters. The summed E-state index contributed by atoms with van der Waals surface area (Å²) < 4.78 is 0. The SMILES string of the molecule is CN=C(NCC1CCN(c2cc(Cl)ccc2C)C1)NC1CC1. The van der Waals surface area contributed by atoms with Gasteiger partial charge in [-0.1, -0.05) is 17.7 Å². The number of guanidine groups is 1. The molecule has 1 saturated heterocycles. The Labute approximate surface area is 137 Å². The van der Waals surface area contributed by atoms with Crippen LogP contribution in [-0.4, -0.2) is 38.7 Å². The maximum atomic E-state index is 6.14. The molecule has 1 aromatic rings. The van der Waals surface area contributed by atoms with E-state index < -0.39 is 0 Å². The lowest BCUT2D eigenvalue weighted by Crippen LogP contribution is -2.41. The first-order valence-corrected chi connectivity index (χ1v) is 8.52. The van der Waals surface area contributed by atoms with Crippen molar-refractivity contribution in [2.45, 2.75) is 32.2 Å². The van der Waals surface area contributed by atoms with Crippen LogP contribution in [0.3, 0.4) is 0 Å². The van der Waals surface area contributed by atoms with Crippen LogP contribution in [0.25, 0.3) is 0 Å². The number of nitrogens with zero attached hydrogens (tertiary/aromatic N) is 2. The Morgan fingerprint density at radius 3 is 2.91 bits per heavy atom. The molecule has 0 amide bonds. The molecule has 2 fully saturated rings. The van der Waals surface area contributed by atoms with Crippen molar-refractivity contribution in [3.05, 3.63) is 28.8 Å². The van der Waals surface area contributed by atoms with E-state index in [2.05, 4.69) is 39.6 Å². The summed E-state index contributed by atoms with van der Waals surface area (Å²) in [6.07, 6.45) is 3.75. The Bertz CT molecular complexity index is 554. The van der Waals surface area contributed by atoms with Crippen LogP contribution in [0.2, 0.25) is 5.02 Å². The number of anilines is 1. The van der Waals surface area contributed by atoms with Gasteiger partial charge in [-0.15, -0.1) is 0 Å². The van der Waals surface area contributed by atoms with Crippen molar-refractivity contribution in [1.29, 1.82) is 0 Å². The molecule has 1 unspecified atom stereocenters. The van der Waals surface area contributed by atoms with Crippen molar-refractivity contribution in [3.8, 4) is 0 Å². The van der Waals surface area contributed by atoms with Gasteiger partial charge < -0.3 is 15.5 Å². The molecular formula is C17H25ClN4. The molecule has 4 nitrogen and oxygen atoms in total. The Morgan fingerprint density at radius 1 is 1.36 bits per heavy atom. The molecule has 1 aliphatic heterocycles. The van der Waals surface area contributed by atoms with Crippen LogP contribution < -0.4 is 15.5 Å². The summed E-state index contributed by atoms with van der Waals surface area (Å²) in [4.78, 5) is 6.74. The molecule has 1 heterocycles. The second kappa shape index (κ2) is 6.78. The van der Waals surface area contributed by atoms with E-state index in [0.717, 1.165) is 30.6 Å². The normalized spacial score (nSPS) is 22.0. The van der Waals surface area contributed by atoms with E-state index in [-0.39, 0.29) is 0 Å². The van der Waals surface area contributed by atoms with E-state index in [0.29, 0.717) is 12.0 Å². The Hall–Kier alpha value is -1.42. The molecule has 5 heteroatoms. The van der Waals surface area contributed by atoms with Crippen LogP contribution in [-0.2, 0) is 0 Å². The minimum absolute atomic E-state index is 0.639. The number of aryl methyl sites for hydroxylation is 1. The van der Waals surface area contributed by atoms with Crippen LogP contribution >= 0.6 is 11.6 Å². The van der Waals surface area contributed by atoms with Gasteiger partial charge in [-0.3, -0.25) is 4.99 Å².